The van der Waals surface area contributed by atoms with Gasteiger partial charge in [-0.15, -0.1) is 0 Å². The molecular weight excluding hydrogens is 342 g/mol. The Bertz CT molecular complexity index is 994. The molecule has 0 unspecified atom stereocenters. The molecule has 4 rings (SSSR count). The van der Waals surface area contributed by atoms with Gasteiger partial charge in [-0.2, -0.15) is 5.10 Å². The lowest BCUT2D eigenvalue weighted by molar-refractivity contribution is 0.194. The van der Waals surface area contributed by atoms with Crippen molar-refractivity contribution in [2.45, 2.75) is 26.3 Å². The van der Waals surface area contributed by atoms with Crippen LogP contribution in [0.2, 0.25) is 0 Å². The summed E-state index contributed by atoms with van der Waals surface area (Å²) in [7, 11) is 0. The van der Waals surface area contributed by atoms with Gasteiger partial charge in [0.1, 0.15) is 5.75 Å². The molecule has 0 spiro atoms. The predicted molar refractivity (Wildman–Crippen MR) is 102 cm³/mol. The Hall–Kier alpha value is -3.28. The molecule has 27 heavy (non-hydrogen) atoms. The van der Waals surface area contributed by atoms with E-state index in [-0.39, 0.29) is 6.54 Å². The van der Waals surface area contributed by atoms with Crippen molar-refractivity contribution in [1.29, 1.82) is 0 Å². The average molecular weight is 363 g/mol. The van der Waals surface area contributed by atoms with E-state index in [1.807, 2.05) is 54.2 Å². The summed E-state index contributed by atoms with van der Waals surface area (Å²) >= 11 is 0. The summed E-state index contributed by atoms with van der Waals surface area (Å²) in [5.74, 6) is 0.971. The molecule has 6 nitrogen and oxygen atoms in total. The predicted octanol–water partition coefficient (Wildman–Crippen LogP) is 3.94. The van der Waals surface area contributed by atoms with E-state index in [2.05, 4.69) is 11.4 Å². The van der Waals surface area contributed by atoms with Crippen LogP contribution >= 0.6 is 0 Å². The van der Waals surface area contributed by atoms with E-state index in [0.29, 0.717) is 0 Å². The van der Waals surface area contributed by atoms with Crippen LogP contribution in [-0.2, 0) is 13.0 Å². The zero-order valence-corrected chi connectivity index (χ0v) is 15.1. The number of aromatic nitrogens is 2. The monoisotopic (exact) mass is 363 g/mol. The Kier molecular flexibility index (Phi) is 4.54. The van der Waals surface area contributed by atoms with Crippen molar-refractivity contribution in [3.8, 4) is 22.7 Å². The smallest absolute Gasteiger partial charge is 0.404 e. The number of nitrogens with zero attached hydrogens (tertiary/aromatic N) is 2. The van der Waals surface area contributed by atoms with E-state index in [1.165, 1.54) is 5.56 Å². The number of ether oxygens (including phenoxy) is 1. The molecule has 0 saturated carbocycles. The number of aryl methyl sites for hydroxylation is 2. The summed E-state index contributed by atoms with van der Waals surface area (Å²) in [5, 5.41) is 15.9. The molecule has 0 fully saturated rings. The fourth-order valence-corrected chi connectivity index (χ4v) is 3.30. The number of benzene rings is 2. The van der Waals surface area contributed by atoms with Crippen molar-refractivity contribution in [2.24, 2.45) is 0 Å². The molecule has 2 aromatic carbocycles. The van der Waals surface area contributed by atoms with Crippen molar-refractivity contribution in [3.05, 3.63) is 65.4 Å². The third kappa shape index (κ3) is 3.65. The van der Waals surface area contributed by atoms with Gasteiger partial charge in [-0.3, -0.25) is 0 Å². The summed E-state index contributed by atoms with van der Waals surface area (Å²) in [6.45, 7) is 3.02. The molecule has 1 aromatic heterocycles. The molecule has 3 aromatic rings. The van der Waals surface area contributed by atoms with Crippen LogP contribution in [0.25, 0.3) is 16.9 Å². The van der Waals surface area contributed by atoms with Gasteiger partial charge in [0, 0.05) is 18.3 Å². The highest BCUT2D eigenvalue weighted by molar-refractivity contribution is 5.64. The number of nitrogens with one attached hydrogen (secondary N) is 1. The van der Waals surface area contributed by atoms with Gasteiger partial charge in [-0.1, -0.05) is 6.07 Å². The number of hydrogen-bond acceptors (Lipinski definition) is 3. The van der Waals surface area contributed by atoms with Crippen LogP contribution < -0.4 is 10.1 Å². The van der Waals surface area contributed by atoms with Crippen LogP contribution in [0.15, 0.2) is 48.7 Å². The first kappa shape index (κ1) is 17.1. The minimum absolute atomic E-state index is 0.272. The van der Waals surface area contributed by atoms with Crippen LogP contribution in [0, 0.1) is 6.92 Å². The quantitative estimate of drug-likeness (QED) is 0.736. The minimum atomic E-state index is -1.03. The molecular formula is C21H21N3O3. The number of fused-ring (bicyclic) bond motifs is 1. The van der Waals surface area contributed by atoms with Gasteiger partial charge in [-0.05, 0) is 72.9 Å². The first-order valence-corrected chi connectivity index (χ1v) is 8.98. The topological polar surface area (TPSA) is 76.4 Å². The van der Waals surface area contributed by atoms with Crippen LogP contribution in [-0.4, -0.2) is 27.6 Å². The first-order valence-electron chi connectivity index (χ1n) is 8.98. The highest BCUT2D eigenvalue weighted by Gasteiger charge is 2.13. The Morgan fingerprint density at radius 3 is 3.00 bits per heavy atom. The van der Waals surface area contributed by atoms with E-state index >= 15 is 0 Å². The second kappa shape index (κ2) is 7.15. The van der Waals surface area contributed by atoms with Crippen molar-refractivity contribution in [2.75, 3.05) is 6.61 Å². The standard InChI is InChI=1S/C21H21N3O3/c1-14-4-6-18(12-17(14)13-22-21(25)26)24-9-8-19(23-24)15-5-7-20-16(11-15)3-2-10-27-20/h4-9,11-12,22H,2-3,10,13H2,1H3,(H,25,26). The molecule has 0 saturated heterocycles. The van der Waals surface area contributed by atoms with Gasteiger partial charge in [0.2, 0.25) is 0 Å². The van der Waals surface area contributed by atoms with Gasteiger partial charge >= 0.3 is 6.09 Å². The van der Waals surface area contributed by atoms with Crippen molar-refractivity contribution in [3.63, 3.8) is 0 Å². The van der Waals surface area contributed by atoms with E-state index in [4.69, 9.17) is 14.9 Å². The SMILES string of the molecule is Cc1ccc(-n2ccc(-c3ccc4c(c3)CCCO4)n2)cc1CNC(=O)O. The second-order valence-corrected chi connectivity index (χ2v) is 6.69. The lowest BCUT2D eigenvalue weighted by Gasteiger charge is -2.17. The molecule has 1 aliphatic heterocycles. The maximum Gasteiger partial charge on any atom is 0.404 e. The average Bonchev–Trinajstić information content (AvgIpc) is 3.17. The summed E-state index contributed by atoms with van der Waals surface area (Å²) in [4.78, 5) is 10.8. The minimum Gasteiger partial charge on any atom is -0.493 e. The highest BCUT2D eigenvalue weighted by Crippen LogP contribution is 2.29. The lowest BCUT2D eigenvalue weighted by Crippen LogP contribution is -2.20. The van der Waals surface area contributed by atoms with E-state index in [0.717, 1.165) is 53.3 Å². The summed E-state index contributed by atoms with van der Waals surface area (Å²) in [6.07, 6.45) is 2.96. The molecule has 0 radical (unpaired) electrons. The first-order chi connectivity index (χ1) is 13.1. The molecule has 138 valence electrons. The maximum atomic E-state index is 10.8. The van der Waals surface area contributed by atoms with Crippen molar-refractivity contribution >= 4 is 6.09 Å². The third-order valence-electron chi connectivity index (χ3n) is 4.82. The Morgan fingerprint density at radius 2 is 2.15 bits per heavy atom. The molecule has 6 heteroatoms. The van der Waals surface area contributed by atoms with Gasteiger partial charge in [0.05, 0.1) is 18.0 Å². The van der Waals surface area contributed by atoms with Gasteiger partial charge < -0.3 is 15.2 Å². The summed E-state index contributed by atoms with van der Waals surface area (Å²) in [6, 6.07) is 14.1. The molecule has 2 N–H and O–H groups in total. The zero-order valence-electron chi connectivity index (χ0n) is 15.1. The van der Waals surface area contributed by atoms with E-state index in [1.54, 1.807) is 0 Å². The molecule has 0 atom stereocenters. The fraction of sp³-hybridized carbons (Fsp3) is 0.238. The van der Waals surface area contributed by atoms with E-state index in [9.17, 15) is 4.79 Å². The Balaban J connectivity index is 1.61. The number of hydrogen-bond donors (Lipinski definition) is 2. The fourth-order valence-electron chi connectivity index (χ4n) is 3.30. The van der Waals surface area contributed by atoms with Gasteiger partial charge in [0.25, 0.3) is 0 Å². The van der Waals surface area contributed by atoms with E-state index < -0.39 is 6.09 Å². The van der Waals surface area contributed by atoms with Crippen LogP contribution in [0.4, 0.5) is 4.79 Å². The lowest BCUT2D eigenvalue weighted by atomic mass is 10.0. The maximum absolute atomic E-state index is 10.8. The number of rotatable bonds is 4. The molecule has 1 aliphatic rings. The molecule has 2 heterocycles. The summed E-state index contributed by atoms with van der Waals surface area (Å²) < 4.78 is 7.49. The number of carboxylic acid groups (broad SMARTS) is 1. The highest BCUT2D eigenvalue weighted by atomic mass is 16.5. The Morgan fingerprint density at radius 1 is 1.26 bits per heavy atom. The van der Waals surface area contributed by atoms with Gasteiger partial charge in [0.15, 0.2) is 0 Å². The summed E-state index contributed by atoms with van der Waals surface area (Å²) in [5.41, 5.74) is 6.06. The number of amides is 1. The van der Waals surface area contributed by atoms with Crippen molar-refractivity contribution < 1.29 is 14.6 Å². The number of carbonyl (C=O) groups is 1. The van der Waals surface area contributed by atoms with Crippen molar-refractivity contribution in [1.82, 2.24) is 15.1 Å². The van der Waals surface area contributed by atoms with Crippen LogP contribution in [0.3, 0.4) is 0 Å². The normalized spacial score (nSPS) is 12.9. The third-order valence-corrected chi connectivity index (χ3v) is 4.82. The zero-order chi connectivity index (χ0) is 18.8. The second-order valence-electron chi connectivity index (χ2n) is 6.69. The molecule has 0 aliphatic carbocycles. The molecule has 1 amide bonds. The van der Waals surface area contributed by atoms with Crippen LogP contribution in [0.1, 0.15) is 23.1 Å². The molecule has 0 bridgehead atoms. The Labute approximate surface area is 157 Å². The van der Waals surface area contributed by atoms with Gasteiger partial charge in [-0.25, -0.2) is 9.48 Å². The van der Waals surface area contributed by atoms with Crippen LogP contribution in [0.5, 0.6) is 5.75 Å². The largest absolute Gasteiger partial charge is 0.493 e.